The van der Waals surface area contributed by atoms with Gasteiger partial charge in [-0.05, 0) is 23.8 Å². The van der Waals surface area contributed by atoms with Crippen LogP contribution in [0.15, 0.2) is 59.7 Å². The van der Waals surface area contributed by atoms with E-state index in [2.05, 4.69) is 10.4 Å². The molecular weight excluding hydrogens is 397 g/mol. The van der Waals surface area contributed by atoms with Crippen LogP contribution in [0, 0.1) is 5.82 Å². The summed E-state index contributed by atoms with van der Waals surface area (Å²) >= 11 is 0. The number of hydrazone groups is 1. The molecule has 3 N–H and O–H groups in total. The summed E-state index contributed by atoms with van der Waals surface area (Å²) in [6.07, 6.45) is 0.781. The average Bonchev–Trinajstić information content (AvgIpc) is 3.26. The molecule has 1 fully saturated rings. The van der Waals surface area contributed by atoms with E-state index < -0.39 is 0 Å². The van der Waals surface area contributed by atoms with Crippen LogP contribution in [0.5, 0.6) is 0 Å². The van der Waals surface area contributed by atoms with Crippen molar-refractivity contribution in [2.24, 2.45) is 5.10 Å². The minimum absolute atomic E-state index is 0.0493. The summed E-state index contributed by atoms with van der Waals surface area (Å²) in [6.45, 7) is 4.70. The summed E-state index contributed by atoms with van der Waals surface area (Å²) in [5, 5.41) is 8.87. The number of hydrogen-bond acceptors (Lipinski definition) is 3. The maximum Gasteiger partial charge on any atom is 0.297 e. The Hall–Kier alpha value is -3.10. The quantitative estimate of drug-likeness (QED) is 0.566. The first-order valence-electron chi connectivity index (χ1n) is 10.7. The van der Waals surface area contributed by atoms with Crippen molar-refractivity contribution in [1.82, 2.24) is 5.01 Å². The van der Waals surface area contributed by atoms with Crippen molar-refractivity contribution in [2.45, 2.75) is 6.42 Å². The third-order valence-corrected chi connectivity index (χ3v) is 5.78. The molecule has 2 aliphatic heterocycles. The number of nitrogens with one attached hydrogen (secondary N) is 3. The van der Waals surface area contributed by atoms with E-state index >= 15 is 0 Å². The lowest BCUT2D eigenvalue weighted by molar-refractivity contribution is -1.00. The summed E-state index contributed by atoms with van der Waals surface area (Å²) in [5.41, 5.74) is 2.50. The largest absolute Gasteiger partial charge is 0.321 e. The number of anilines is 1. The van der Waals surface area contributed by atoms with Crippen LogP contribution in [0.25, 0.3) is 0 Å². The highest BCUT2D eigenvalue weighted by atomic mass is 19.1. The third kappa shape index (κ3) is 5.74. The Labute approximate surface area is 181 Å². The van der Waals surface area contributed by atoms with E-state index in [1.165, 1.54) is 21.9 Å². The number of piperazine rings is 1. The van der Waals surface area contributed by atoms with Crippen LogP contribution in [-0.4, -0.2) is 68.3 Å². The molecule has 1 saturated heterocycles. The fourth-order valence-corrected chi connectivity index (χ4v) is 4.08. The van der Waals surface area contributed by atoms with Crippen molar-refractivity contribution >= 4 is 23.2 Å². The molecule has 0 spiro atoms. The molecule has 0 unspecified atom stereocenters. The van der Waals surface area contributed by atoms with Crippen LogP contribution in [0.2, 0.25) is 0 Å². The fraction of sp³-hybridized carbons (Fsp3) is 0.348. The molecule has 2 aliphatic rings. The number of hydrogen-bond donors (Lipinski definition) is 3. The molecule has 0 saturated carbocycles. The molecular formula is C23H28FN5O2+2. The first-order chi connectivity index (χ1) is 15.1. The number of benzene rings is 2. The van der Waals surface area contributed by atoms with Gasteiger partial charge in [0, 0.05) is 12.1 Å². The SMILES string of the molecule is O=C(C[NH+]1CC[NH+](CC(=O)N2CCC(c3ccccc3)=N2)CC1)Nc1cccc(F)c1. The van der Waals surface area contributed by atoms with Gasteiger partial charge in [0.05, 0.1) is 12.3 Å². The van der Waals surface area contributed by atoms with Crippen LogP contribution in [0.1, 0.15) is 12.0 Å². The van der Waals surface area contributed by atoms with Crippen molar-refractivity contribution < 1.29 is 23.8 Å². The Morgan fingerprint density at radius 1 is 0.968 bits per heavy atom. The Morgan fingerprint density at radius 3 is 2.39 bits per heavy atom. The van der Waals surface area contributed by atoms with Crippen LogP contribution >= 0.6 is 0 Å². The van der Waals surface area contributed by atoms with Crippen molar-refractivity contribution in [3.8, 4) is 0 Å². The van der Waals surface area contributed by atoms with Crippen molar-refractivity contribution in [1.29, 1.82) is 0 Å². The molecule has 0 aromatic heterocycles. The number of rotatable bonds is 6. The molecule has 162 valence electrons. The monoisotopic (exact) mass is 425 g/mol. The average molecular weight is 426 g/mol. The van der Waals surface area contributed by atoms with E-state index in [0.29, 0.717) is 25.3 Å². The fourth-order valence-electron chi connectivity index (χ4n) is 4.08. The molecule has 2 amide bonds. The van der Waals surface area contributed by atoms with Gasteiger partial charge in [0.2, 0.25) is 0 Å². The van der Waals surface area contributed by atoms with Crippen LogP contribution in [-0.2, 0) is 9.59 Å². The molecule has 7 nitrogen and oxygen atoms in total. The predicted molar refractivity (Wildman–Crippen MR) is 115 cm³/mol. The van der Waals surface area contributed by atoms with Crippen LogP contribution in [0.4, 0.5) is 10.1 Å². The van der Waals surface area contributed by atoms with E-state index in [1.807, 2.05) is 30.3 Å². The zero-order chi connectivity index (χ0) is 21.6. The second-order valence-electron chi connectivity index (χ2n) is 8.09. The second kappa shape index (κ2) is 9.80. The van der Waals surface area contributed by atoms with E-state index in [4.69, 9.17) is 0 Å². The Morgan fingerprint density at radius 2 is 1.68 bits per heavy atom. The molecule has 2 aromatic carbocycles. The Bertz CT molecular complexity index is 957. The first kappa shape index (κ1) is 21.1. The maximum absolute atomic E-state index is 13.2. The van der Waals surface area contributed by atoms with Gasteiger partial charge in [0.25, 0.3) is 11.8 Å². The van der Waals surface area contributed by atoms with Gasteiger partial charge in [-0.2, -0.15) is 5.10 Å². The first-order valence-corrected chi connectivity index (χ1v) is 10.7. The van der Waals surface area contributed by atoms with Gasteiger partial charge >= 0.3 is 0 Å². The Kier molecular flexibility index (Phi) is 6.69. The summed E-state index contributed by atoms with van der Waals surface area (Å²) in [7, 11) is 0. The number of carbonyl (C=O) groups excluding carboxylic acids is 2. The standard InChI is InChI=1S/C23H26FN5O2/c24-19-7-4-8-20(15-19)25-22(30)16-27-11-13-28(14-12-27)17-23(31)29-10-9-21(26-29)18-5-2-1-3-6-18/h1-8,15H,9-14,16-17H2,(H,25,30)/p+2. The van der Waals surface area contributed by atoms with Gasteiger partial charge < -0.3 is 15.1 Å². The molecule has 0 atom stereocenters. The lowest BCUT2D eigenvalue weighted by Crippen LogP contribution is -3.28. The van der Waals surface area contributed by atoms with Gasteiger partial charge in [-0.3, -0.25) is 9.59 Å². The summed E-state index contributed by atoms with van der Waals surface area (Å²) in [5.74, 6) is -0.446. The molecule has 2 heterocycles. The molecule has 0 aliphatic carbocycles. The number of nitrogens with zero attached hydrogens (tertiary/aromatic N) is 2. The van der Waals surface area contributed by atoms with Crippen LogP contribution < -0.4 is 15.1 Å². The lowest BCUT2D eigenvalue weighted by atomic mass is 10.1. The van der Waals surface area contributed by atoms with Gasteiger partial charge in [0.1, 0.15) is 32.0 Å². The highest BCUT2D eigenvalue weighted by molar-refractivity contribution is 6.02. The zero-order valence-corrected chi connectivity index (χ0v) is 17.4. The minimum Gasteiger partial charge on any atom is -0.321 e. The van der Waals surface area contributed by atoms with E-state index in [1.54, 1.807) is 17.1 Å². The second-order valence-corrected chi connectivity index (χ2v) is 8.09. The molecule has 0 radical (unpaired) electrons. The lowest BCUT2D eigenvalue weighted by Gasteiger charge is -2.29. The van der Waals surface area contributed by atoms with Gasteiger partial charge in [-0.15, -0.1) is 0 Å². The molecule has 31 heavy (non-hydrogen) atoms. The van der Waals surface area contributed by atoms with Crippen LogP contribution in [0.3, 0.4) is 0 Å². The van der Waals surface area contributed by atoms with E-state index in [9.17, 15) is 14.0 Å². The maximum atomic E-state index is 13.2. The highest BCUT2D eigenvalue weighted by Crippen LogP contribution is 2.13. The molecule has 4 rings (SSSR count). The summed E-state index contributed by atoms with van der Waals surface area (Å²) < 4.78 is 13.2. The summed E-state index contributed by atoms with van der Waals surface area (Å²) in [4.78, 5) is 27.3. The van der Waals surface area contributed by atoms with Crippen molar-refractivity contribution in [3.63, 3.8) is 0 Å². The number of quaternary nitrogens is 2. The van der Waals surface area contributed by atoms with E-state index in [0.717, 1.165) is 43.9 Å². The third-order valence-electron chi connectivity index (χ3n) is 5.78. The minimum atomic E-state index is -0.370. The molecule has 0 bridgehead atoms. The van der Waals surface area contributed by atoms with Crippen molar-refractivity contribution in [3.05, 3.63) is 66.0 Å². The zero-order valence-electron chi connectivity index (χ0n) is 17.4. The number of halogens is 1. The number of carbonyl (C=O) groups is 2. The highest BCUT2D eigenvalue weighted by Gasteiger charge is 2.29. The normalized spacial score (nSPS) is 20.9. The van der Waals surface area contributed by atoms with E-state index in [-0.39, 0.29) is 17.6 Å². The smallest absolute Gasteiger partial charge is 0.297 e. The van der Waals surface area contributed by atoms with Gasteiger partial charge in [-0.25, -0.2) is 9.40 Å². The molecule has 8 heteroatoms. The Balaban J connectivity index is 1.21. The summed E-state index contributed by atoms with van der Waals surface area (Å²) in [6, 6.07) is 15.9. The van der Waals surface area contributed by atoms with Gasteiger partial charge in [0.15, 0.2) is 13.1 Å². The van der Waals surface area contributed by atoms with Gasteiger partial charge in [-0.1, -0.05) is 36.4 Å². The molecule has 2 aromatic rings. The number of amides is 2. The van der Waals surface area contributed by atoms with Crippen molar-refractivity contribution in [2.75, 3.05) is 51.1 Å². The predicted octanol–water partition coefficient (Wildman–Crippen LogP) is -0.816. The topological polar surface area (TPSA) is 70.7 Å².